The number of Topliss-reactive ketones (excluding diaryl/α,β-unsaturated/α-hetero) is 1. The Kier molecular flexibility index (Phi) is 6.70. The van der Waals surface area contributed by atoms with Gasteiger partial charge in [0.1, 0.15) is 5.82 Å². The number of carbonyl (C=O) groups is 2. The smallest absolute Gasteiger partial charge is 0.308 e. The Labute approximate surface area is 201 Å². The van der Waals surface area contributed by atoms with E-state index < -0.39 is 5.97 Å². The van der Waals surface area contributed by atoms with Crippen molar-refractivity contribution < 1.29 is 19.1 Å². The van der Waals surface area contributed by atoms with Gasteiger partial charge in [0, 0.05) is 44.2 Å². The summed E-state index contributed by atoms with van der Waals surface area (Å²) in [5, 5.41) is 1.26. The zero-order chi connectivity index (χ0) is 24.2. The molecular weight excluding hydrogens is 456 g/mol. The number of methoxy groups -OCH3 is 1. The van der Waals surface area contributed by atoms with Crippen molar-refractivity contribution in [2.75, 3.05) is 19.1 Å². The predicted molar refractivity (Wildman–Crippen MR) is 129 cm³/mol. The van der Waals surface area contributed by atoms with Crippen molar-refractivity contribution >= 4 is 45.8 Å². The highest BCUT2D eigenvalue weighted by Crippen LogP contribution is 2.31. The Morgan fingerprint density at radius 2 is 1.88 bits per heavy atom. The number of esters is 1. The van der Waals surface area contributed by atoms with E-state index >= 15 is 0 Å². The topological polar surface area (TPSA) is 94.5 Å². The molecule has 4 aromatic rings. The molecule has 0 aliphatic rings. The molecule has 172 valence electrons. The van der Waals surface area contributed by atoms with Crippen LogP contribution in [-0.4, -0.2) is 40.9 Å². The van der Waals surface area contributed by atoms with Crippen molar-refractivity contribution in [3.8, 4) is 11.5 Å². The van der Waals surface area contributed by atoms with Crippen LogP contribution in [0.4, 0.5) is 11.5 Å². The van der Waals surface area contributed by atoms with E-state index in [1.54, 1.807) is 6.20 Å². The maximum Gasteiger partial charge on any atom is 0.308 e. The fraction of sp³-hybridized carbons (Fsp3) is 0.160. The molecule has 0 aliphatic heterocycles. The summed E-state index contributed by atoms with van der Waals surface area (Å²) >= 11 is 6.21. The summed E-state index contributed by atoms with van der Waals surface area (Å²) in [5.41, 5.74) is 2.32. The molecule has 0 unspecified atom stereocenters. The molecule has 0 bridgehead atoms. The molecular formula is C25H21ClN4O4. The van der Waals surface area contributed by atoms with E-state index in [-0.39, 0.29) is 29.4 Å². The normalized spacial score (nSPS) is 10.7. The zero-order valence-corrected chi connectivity index (χ0v) is 19.5. The molecule has 8 nitrogen and oxygen atoms in total. The second-order valence-corrected chi connectivity index (χ2v) is 7.81. The van der Waals surface area contributed by atoms with Gasteiger partial charge in [-0.1, -0.05) is 17.7 Å². The molecule has 3 heterocycles. The first-order chi connectivity index (χ1) is 16.4. The second-order valence-electron chi connectivity index (χ2n) is 7.45. The Balaban J connectivity index is 1.60. The SMILES string of the molecule is COc1ccnc(C(=O)Cc2ccc3nc(N(C)c4cccnc4Cl)ccc3c2)c1OC(C)=O. The van der Waals surface area contributed by atoms with E-state index in [1.165, 1.54) is 26.3 Å². The van der Waals surface area contributed by atoms with E-state index in [0.29, 0.717) is 11.0 Å². The molecule has 4 rings (SSSR count). The number of hydrogen-bond acceptors (Lipinski definition) is 8. The van der Waals surface area contributed by atoms with Crippen molar-refractivity contribution in [3.63, 3.8) is 0 Å². The number of aromatic nitrogens is 3. The number of fused-ring (bicyclic) bond motifs is 1. The highest BCUT2D eigenvalue weighted by Gasteiger charge is 2.21. The molecule has 0 fully saturated rings. The number of hydrogen-bond donors (Lipinski definition) is 0. The van der Waals surface area contributed by atoms with Crippen molar-refractivity contribution in [1.82, 2.24) is 15.0 Å². The van der Waals surface area contributed by atoms with Gasteiger partial charge in [-0.2, -0.15) is 0 Å². The van der Waals surface area contributed by atoms with Gasteiger partial charge in [-0.3, -0.25) is 9.59 Å². The van der Waals surface area contributed by atoms with Crippen LogP contribution in [0.1, 0.15) is 23.0 Å². The second kappa shape index (κ2) is 9.84. The largest absolute Gasteiger partial charge is 0.493 e. The van der Waals surface area contributed by atoms with Crippen molar-refractivity contribution in [1.29, 1.82) is 0 Å². The van der Waals surface area contributed by atoms with Gasteiger partial charge in [0.2, 0.25) is 5.75 Å². The third-order valence-electron chi connectivity index (χ3n) is 5.15. The van der Waals surface area contributed by atoms with Crippen LogP contribution in [0.15, 0.2) is 60.9 Å². The first-order valence-electron chi connectivity index (χ1n) is 10.4. The molecule has 9 heteroatoms. The molecule has 0 aliphatic carbocycles. The number of rotatable bonds is 7. The lowest BCUT2D eigenvalue weighted by Gasteiger charge is -2.19. The number of anilines is 2. The summed E-state index contributed by atoms with van der Waals surface area (Å²) < 4.78 is 10.4. The van der Waals surface area contributed by atoms with Gasteiger partial charge < -0.3 is 14.4 Å². The number of ether oxygens (including phenoxy) is 2. The standard InChI is InChI=1S/C25H21ClN4O4/c1-15(31)34-24-21(33-3)10-12-27-23(24)20(32)14-16-6-8-18-17(13-16)7-9-22(29-18)30(2)19-5-4-11-28-25(19)26/h4-13H,14H2,1-3H3. The van der Waals surface area contributed by atoms with E-state index in [1.807, 2.05) is 54.4 Å². The summed E-state index contributed by atoms with van der Waals surface area (Å²) in [4.78, 5) is 39.3. The molecule has 0 saturated carbocycles. The van der Waals surface area contributed by atoms with Crippen LogP contribution >= 0.6 is 11.6 Å². The minimum absolute atomic E-state index is 0.0201. The summed E-state index contributed by atoms with van der Waals surface area (Å²) in [5.74, 6) is 0.127. The Bertz CT molecular complexity index is 1390. The number of benzene rings is 1. The van der Waals surface area contributed by atoms with E-state index in [0.717, 1.165) is 22.2 Å². The summed E-state index contributed by atoms with van der Waals surface area (Å²) in [6.07, 6.45) is 3.14. The Morgan fingerprint density at radius 3 is 2.62 bits per heavy atom. The third-order valence-corrected chi connectivity index (χ3v) is 5.44. The number of nitrogens with zero attached hydrogens (tertiary/aromatic N) is 4. The Hall–Kier alpha value is -4.04. The van der Waals surface area contributed by atoms with E-state index in [4.69, 9.17) is 26.1 Å². The van der Waals surface area contributed by atoms with Crippen molar-refractivity contribution in [2.45, 2.75) is 13.3 Å². The first kappa shape index (κ1) is 23.1. The summed E-state index contributed by atoms with van der Waals surface area (Å²) in [6, 6.07) is 14.6. The molecule has 0 amide bonds. The molecule has 0 saturated heterocycles. The highest BCUT2D eigenvalue weighted by molar-refractivity contribution is 6.32. The minimum atomic E-state index is -0.564. The van der Waals surface area contributed by atoms with Gasteiger partial charge in [-0.05, 0) is 42.0 Å². The van der Waals surface area contributed by atoms with Crippen LogP contribution < -0.4 is 14.4 Å². The van der Waals surface area contributed by atoms with Crippen LogP contribution in [0.3, 0.4) is 0 Å². The molecule has 3 aromatic heterocycles. The fourth-order valence-corrected chi connectivity index (χ4v) is 3.76. The van der Waals surface area contributed by atoms with Crippen LogP contribution in [0.25, 0.3) is 10.9 Å². The number of pyridine rings is 3. The van der Waals surface area contributed by atoms with Gasteiger partial charge >= 0.3 is 5.97 Å². The first-order valence-corrected chi connectivity index (χ1v) is 10.7. The Morgan fingerprint density at radius 1 is 1.06 bits per heavy atom. The maximum atomic E-state index is 13.0. The third kappa shape index (κ3) is 4.82. The molecule has 0 radical (unpaired) electrons. The molecule has 0 spiro atoms. The van der Waals surface area contributed by atoms with Gasteiger partial charge in [0.05, 0.1) is 18.3 Å². The number of ketones is 1. The van der Waals surface area contributed by atoms with Crippen molar-refractivity contribution in [3.05, 3.63) is 77.3 Å². The van der Waals surface area contributed by atoms with Crippen LogP contribution in [-0.2, 0) is 11.2 Å². The van der Waals surface area contributed by atoms with Crippen molar-refractivity contribution in [2.24, 2.45) is 0 Å². The van der Waals surface area contributed by atoms with Gasteiger partial charge in [-0.15, -0.1) is 0 Å². The minimum Gasteiger partial charge on any atom is -0.493 e. The maximum absolute atomic E-state index is 13.0. The van der Waals surface area contributed by atoms with Gasteiger partial charge in [0.15, 0.2) is 22.4 Å². The average molecular weight is 477 g/mol. The van der Waals surface area contributed by atoms with E-state index in [2.05, 4.69) is 9.97 Å². The van der Waals surface area contributed by atoms with Crippen LogP contribution in [0, 0.1) is 0 Å². The van der Waals surface area contributed by atoms with Crippen LogP contribution in [0.2, 0.25) is 5.15 Å². The predicted octanol–water partition coefficient (Wildman–Crippen LogP) is 4.81. The lowest BCUT2D eigenvalue weighted by molar-refractivity contribution is -0.132. The van der Waals surface area contributed by atoms with E-state index in [9.17, 15) is 9.59 Å². The molecule has 1 aromatic carbocycles. The van der Waals surface area contributed by atoms with Crippen LogP contribution in [0.5, 0.6) is 11.5 Å². The lowest BCUT2D eigenvalue weighted by atomic mass is 10.0. The number of halogens is 1. The van der Waals surface area contributed by atoms with Gasteiger partial charge in [-0.25, -0.2) is 15.0 Å². The highest BCUT2D eigenvalue weighted by atomic mass is 35.5. The molecule has 0 atom stereocenters. The number of carbonyl (C=O) groups excluding carboxylic acids is 2. The monoisotopic (exact) mass is 476 g/mol. The summed E-state index contributed by atoms with van der Waals surface area (Å²) in [7, 11) is 3.30. The molecule has 0 N–H and O–H groups in total. The molecule has 34 heavy (non-hydrogen) atoms. The zero-order valence-electron chi connectivity index (χ0n) is 18.8. The summed E-state index contributed by atoms with van der Waals surface area (Å²) in [6.45, 7) is 1.25. The fourth-order valence-electron chi connectivity index (χ4n) is 3.51. The van der Waals surface area contributed by atoms with Gasteiger partial charge in [0.25, 0.3) is 0 Å². The quantitative estimate of drug-likeness (QED) is 0.213. The average Bonchev–Trinajstić information content (AvgIpc) is 2.83. The lowest BCUT2D eigenvalue weighted by Crippen LogP contribution is -2.13.